The molecule has 0 aliphatic heterocycles. The van der Waals surface area contributed by atoms with Crippen LogP contribution in [0.3, 0.4) is 0 Å². The molecule has 186 valence electrons. The van der Waals surface area contributed by atoms with Crippen LogP contribution in [0, 0.1) is 69.2 Å². The van der Waals surface area contributed by atoms with Crippen LogP contribution in [0.25, 0.3) is 34.2 Å². The van der Waals surface area contributed by atoms with Gasteiger partial charge in [-0.15, -0.1) is 0 Å². The van der Waals surface area contributed by atoms with E-state index in [1.54, 1.807) is 6.07 Å². The van der Waals surface area contributed by atoms with Crippen molar-refractivity contribution in [3.63, 3.8) is 0 Å². The monoisotopic (exact) mass is 481 g/mol. The van der Waals surface area contributed by atoms with E-state index in [9.17, 15) is 10.2 Å². The van der Waals surface area contributed by atoms with Crippen LogP contribution in [0.4, 0.5) is 0 Å². The van der Waals surface area contributed by atoms with Crippen molar-refractivity contribution in [2.45, 2.75) is 69.2 Å². The first kappa shape index (κ1) is 25.4. The molecular weight excluding hydrogens is 446 g/mol. The number of aromatic hydroxyl groups is 2. The van der Waals surface area contributed by atoms with E-state index in [0.717, 1.165) is 33.4 Å². The number of phenolic OH excluding ortho intramolecular Hbond substituents is 2. The lowest BCUT2D eigenvalue weighted by Gasteiger charge is -2.21. The van der Waals surface area contributed by atoms with Gasteiger partial charge < -0.3 is 10.2 Å². The zero-order valence-corrected chi connectivity index (χ0v) is 23.0. The van der Waals surface area contributed by atoms with E-state index in [4.69, 9.17) is 15.0 Å². The summed E-state index contributed by atoms with van der Waals surface area (Å²) in [5.41, 5.74) is 14.4. The fourth-order valence-corrected chi connectivity index (χ4v) is 5.10. The number of phenols is 2. The third-order valence-electron chi connectivity index (χ3n) is 8.30. The SMILES string of the molecule is Cc1c(C)c(C)c(-c2nc(-c3ccc(O)cc3O)nc(-c3c(C)c(C)c(C)c(C)c3C)n2)c(C)c1C. The second kappa shape index (κ2) is 9.05. The van der Waals surface area contributed by atoms with Crippen molar-refractivity contribution in [3.8, 4) is 45.7 Å². The normalized spacial score (nSPS) is 11.3. The Bertz CT molecular complexity index is 1410. The van der Waals surface area contributed by atoms with Gasteiger partial charge in [-0.1, -0.05) is 0 Å². The van der Waals surface area contributed by atoms with Crippen LogP contribution >= 0.6 is 0 Å². The Labute approximate surface area is 213 Å². The van der Waals surface area contributed by atoms with Crippen LogP contribution in [0.15, 0.2) is 18.2 Å². The summed E-state index contributed by atoms with van der Waals surface area (Å²) in [7, 11) is 0. The van der Waals surface area contributed by atoms with E-state index in [-0.39, 0.29) is 11.5 Å². The molecule has 36 heavy (non-hydrogen) atoms. The largest absolute Gasteiger partial charge is 0.508 e. The molecule has 4 aromatic rings. The summed E-state index contributed by atoms with van der Waals surface area (Å²) in [4.78, 5) is 14.8. The van der Waals surface area contributed by atoms with Crippen LogP contribution in [-0.2, 0) is 0 Å². The average molecular weight is 482 g/mol. The molecule has 0 saturated heterocycles. The van der Waals surface area contributed by atoms with Gasteiger partial charge in [-0.05, 0) is 137 Å². The van der Waals surface area contributed by atoms with Crippen LogP contribution in [-0.4, -0.2) is 25.2 Å². The highest BCUT2D eigenvalue weighted by atomic mass is 16.3. The Morgan fingerprint density at radius 2 is 0.778 bits per heavy atom. The van der Waals surface area contributed by atoms with Gasteiger partial charge in [0.25, 0.3) is 0 Å². The van der Waals surface area contributed by atoms with Gasteiger partial charge in [0.1, 0.15) is 11.5 Å². The third-order valence-corrected chi connectivity index (χ3v) is 8.30. The lowest BCUT2D eigenvalue weighted by molar-refractivity contribution is 0.451. The van der Waals surface area contributed by atoms with Gasteiger partial charge in [-0.25, -0.2) is 15.0 Å². The molecule has 0 aliphatic carbocycles. The fraction of sp³-hybridized carbons (Fsp3) is 0.323. The molecule has 3 aromatic carbocycles. The summed E-state index contributed by atoms with van der Waals surface area (Å²) in [5.74, 6) is 1.44. The predicted molar refractivity (Wildman–Crippen MR) is 147 cm³/mol. The molecule has 0 saturated carbocycles. The van der Waals surface area contributed by atoms with Gasteiger partial charge in [0, 0.05) is 17.2 Å². The summed E-state index contributed by atoms with van der Waals surface area (Å²) < 4.78 is 0. The smallest absolute Gasteiger partial charge is 0.167 e. The number of nitrogens with zero attached hydrogens (tertiary/aromatic N) is 3. The van der Waals surface area contributed by atoms with Crippen molar-refractivity contribution in [2.24, 2.45) is 0 Å². The summed E-state index contributed by atoms with van der Waals surface area (Å²) >= 11 is 0. The molecule has 0 amide bonds. The topological polar surface area (TPSA) is 79.1 Å². The maximum Gasteiger partial charge on any atom is 0.167 e. The van der Waals surface area contributed by atoms with Crippen molar-refractivity contribution in [1.29, 1.82) is 0 Å². The molecule has 2 N–H and O–H groups in total. The molecule has 0 bridgehead atoms. The maximum atomic E-state index is 10.7. The first-order valence-electron chi connectivity index (χ1n) is 12.3. The first-order chi connectivity index (χ1) is 16.8. The van der Waals surface area contributed by atoms with Crippen LogP contribution in [0.1, 0.15) is 55.6 Å². The Hall–Kier alpha value is -3.73. The molecule has 0 fully saturated rings. The number of hydrogen-bond acceptors (Lipinski definition) is 5. The van der Waals surface area contributed by atoms with E-state index in [0.29, 0.717) is 23.0 Å². The fourth-order valence-electron chi connectivity index (χ4n) is 5.10. The van der Waals surface area contributed by atoms with Crippen molar-refractivity contribution in [1.82, 2.24) is 15.0 Å². The minimum atomic E-state index is -0.0764. The molecular formula is C31H35N3O2. The van der Waals surface area contributed by atoms with Crippen molar-refractivity contribution in [2.75, 3.05) is 0 Å². The van der Waals surface area contributed by atoms with Gasteiger partial charge in [0.15, 0.2) is 17.5 Å². The van der Waals surface area contributed by atoms with E-state index in [1.807, 2.05) is 0 Å². The molecule has 1 aromatic heterocycles. The molecule has 5 nitrogen and oxygen atoms in total. The Kier molecular flexibility index (Phi) is 6.38. The Morgan fingerprint density at radius 3 is 1.14 bits per heavy atom. The highest BCUT2D eigenvalue weighted by molar-refractivity contribution is 5.77. The molecule has 0 radical (unpaired) electrons. The summed E-state index contributed by atoms with van der Waals surface area (Å²) in [6.45, 7) is 21.3. The van der Waals surface area contributed by atoms with E-state index >= 15 is 0 Å². The summed E-state index contributed by atoms with van der Waals surface area (Å²) in [5, 5.41) is 20.5. The van der Waals surface area contributed by atoms with Gasteiger partial charge in [0.2, 0.25) is 0 Å². The molecule has 1 heterocycles. The standard InChI is InChI=1S/C31H35N3O2/c1-14-16(3)20(7)27(21(8)17(14)4)30-32-29(25-12-11-24(35)13-26(25)36)33-31(34-30)28-22(9)18(5)15(2)19(6)23(28)10/h11-13,35-36H,1-10H3. The van der Waals surface area contributed by atoms with Gasteiger partial charge >= 0.3 is 0 Å². The molecule has 5 heteroatoms. The first-order valence-corrected chi connectivity index (χ1v) is 12.3. The minimum absolute atomic E-state index is 0.0151. The second-order valence-corrected chi connectivity index (χ2v) is 10.0. The van der Waals surface area contributed by atoms with E-state index < -0.39 is 0 Å². The van der Waals surface area contributed by atoms with Crippen LogP contribution in [0.2, 0.25) is 0 Å². The van der Waals surface area contributed by atoms with Gasteiger partial charge in [-0.2, -0.15) is 0 Å². The number of hydrogen-bond donors (Lipinski definition) is 2. The number of rotatable bonds is 3. The predicted octanol–water partition coefficient (Wildman–Crippen LogP) is 7.37. The van der Waals surface area contributed by atoms with Crippen molar-refractivity contribution >= 4 is 0 Å². The molecule has 4 rings (SSSR count). The number of benzene rings is 3. The molecule has 0 atom stereocenters. The molecule has 0 unspecified atom stereocenters. The maximum absolute atomic E-state index is 10.7. The Morgan fingerprint density at radius 1 is 0.444 bits per heavy atom. The zero-order chi connectivity index (χ0) is 26.6. The molecule has 0 spiro atoms. The van der Waals surface area contributed by atoms with Crippen LogP contribution < -0.4 is 0 Å². The van der Waals surface area contributed by atoms with E-state index in [1.165, 1.54) is 45.5 Å². The Balaban J connectivity index is 2.15. The van der Waals surface area contributed by atoms with Crippen LogP contribution in [0.5, 0.6) is 11.5 Å². The summed E-state index contributed by atoms with van der Waals surface area (Å²) in [6.07, 6.45) is 0. The van der Waals surface area contributed by atoms with Gasteiger partial charge in [-0.3, -0.25) is 0 Å². The summed E-state index contributed by atoms with van der Waals surface area (Å²) in [6, 6.07) is 4.49. The van der Waals surface area contributed by atoms with Crippen molar-refractivity contribution < 1.29 is 10.2 Å². The minimum Gasteiger partial charge on any atom is -0.508 e. The molecule has 0 aliphatic rings. The second-order valence-electron chi connectivity index (χ2n) is 10.0. The quantitative estimate of drug-likeness (QED) is 0.319. The van der Waals surface area contributed by atoms with E-state index in [2.05, 4.69) is 69.2 Å². The van der Waals surface area contributed by atoms with Gasteiger partial charge in [0.05, 0.1) is 5.56 Å². The van der Waals surface area contributed by atoms with Crippen molar-refractivity contribution in [3.05, 3.63) is 73.8 Å². The number of aromatic nitrogens is 3. The third kappa shape index (κ3) is 3.93. The highest BCUT2D eigenvalue weighted by Gasteiger charge is 2.23. The highest BCUT2D eigenvalue weighted by Crippen LogP contribution is 2.38. The average Bonchev–Trinajstić information content (AvgIpc) is 2.84. The zero-order valence-electron chi connectivity index (χ0n) is 23.0. The lowest BCUT2D eigenvalue weighted by atomic mass is 9.88. The lowest BCUT2D eigenvalue weighted by Crippen LogP contribution is -2.07.